The van der Waals surface area contributed by atoms with Gasteiger partial charge in [0.2, 0.25) is 0 Å². The summed E-state index contributed by atoms with van der Waals surface area (Å²) in [4.78, 5) is 58.9. The predicted molar refractivity (Wildman–Crippen MR) is 463 cm³/mol. The fourth-order valence-electron chi connectivity index (χ4n) is 11.4. The number of ether oxygens (including phenoxy) is 3. The average molecular weight is 1590 g/mol. The molecule has 111 heavy (non-hydrogen) atoms. The van der Waals surface area contributed by atoms with Gasteiger partial charge < -0.3 is 34.2 Å². The number of aliphatic hydroxyl groups is 2. The molecule has 0 radical (unpaired) electrons. The van der Waals surface area contributed by atoms with Crippen LogP contribution in [0.2, 0.25) is 0 Å². The van der Waals surface area contributed by atoms with Crippen molar-refractivity contribution in [3.8, 4) is 0 Å². The summed E-state index contributed by atoms with van der Waals surface area (Å²) in [6.07, 6.45) is 108. The molecule has 0 spiro atoms. The molecule has 4 N–H and O–H groups in total. The Morgan fingerprint density at radius 3 is 0.712 bits per heavy atom. The number of carbonyl (C=O) groups excluding carboxylic acids is 3. The van der Waals surface area contributed by atoms with Crippen molar-refractivity contribution in [3.05, 3.63) is 170 Å². The van der Waals surface area contributed by atoms with Crippen LogP contribution in [0.4, 0.5) is 0 Å². The highest BCUT2D eigenvalue weighted by molar-refractivity contribution is 7.47. The van der Waals surface area contributed by atoms with Crippen LogP contribution >= 0.6 is 15.6 Å². The zero-order valence-corrected chi connectivity index (χ0v) is 71.4. The van der Waals surface area contributed by atoms with Gasteiger partial charge in [0, 0.05) is 19.3 Å². The summed E-state index contributed by atoms with van der Waals surface area (Å²) in [6.45, 7) is 2.34. The number of rotatable bonds is 81. The summed E-state index contributed by atoms with van der Waals surface area (Å²) < 4.78 is 61.4. The van der Waals surface area contributed by atoms with E-state index in [1.165, 1.54) is 103 Å². The summed E-state index contributed by atoms with van der Waals surface area (Å²) >= 11 is 0. The topological polar surface area (TPSA) is 231 Å². The molecule has 634 valence electrons. The van der Waals surface area contributed by atoms with Crippen molar-refractivity contribution in [3.63, 3.8) is 0 Å². The van der Waals surface area contributed by atoms with Crippen molar-refractivity contribution in [1.82, 2.24) is 0 Å². The van der Waals surface area contributed by atoms with Crippen molar-refractivity contribution in [2.75, 3.05) is 39.6 Å². The van der Waals surface area contributed by atoms with Crippen LogP contribution in [0.3, 0.4) is 0 Å². The van der Waals surface area contributed by atoms with Gasteiger partial charge in [-0.25, -0.2) is 9.13 Å². The zero-order chi connectivity index (χ0) is 80.8. The second kappa shape index (κ2) is 84.3. The Kier molecular flexibility index (Phi) is 80.4. The van der Waals surface area contributed by atoms with E-state index in [9.17, 15) is 43.5 Å². The number of phosphoric acid groups is 2. The van der Waals surface area contributed by atoms with Gasteiger partial charge in [-0.3, -0.25) is 32.5 Å². The van der Waals surface area contributed by atoms with Crippen LogP contribution < -0.4 is 0 Å². The lowest BCUT2D eigenvalue weighted by Gasteiger charge is -2.21. The number of phosphoric ester groups is 2. The molecular weight excluding hydrogens is 1430 g/mol. The monoisotopic (exact) mass is 1590 g/mol. The summed E-state index contributed by atoms with van der Waals surface area (Å²) in [6, 6.07) is 0. The minimum Gasteiger partial charge on any atom is -0.463 e. The third-order valence-electron chi connectivity index (χ3n) is 17.9. The molecule has 0 fully saturated rings. The van der Waals surface area contributed by atoms with Crippen molar-refractivity contribution >= 4 is 33.6 Å². The van der Waals surface area contributed by atoms with E-state index in [2.05, 4.69) is 191 Å². The predicted octanol–water partition coefficient (Wildman–Crippen LogP) is 26.3. The Bertz CT molecular complexity index is 2700. The van der Waals surface area contributed by atoms with E-state index in [4.69, 9.17) is 32.3 Å². The molecular formula is C93H156O16P2. The first-order valence-electron chi connectivity index (χ1n) is 43.4. The number of esters is 3. The molecule has 5 unspecified atom stereocenters. The standard InChI is InChI=1S/C93H156O16P2/c1-4-7-10-13-16-19-22-25-28-31-34-36-38-40-41-42-43-44-45-47-49-50-53-55-58-61-64-67-70-73-76-79-91(96)103-82-88(94)83-105-110(99,100)106-84-89(95)85-107-111(101,102)108-87-90(109-93(98)81-78-75-72-69-66-63-60-57-52-33-30-27-24-21-18-15-12-9-6-3)86-104-92(97)80-77-74-71-68-65-62-59-56-54-51-48-46-39-37-35-32-29-26-23-20-17-14-11-8-5-2/h7-12,16-21,25-30,34-37,40-41,46,48,52,57,88-90,94-95H,4-6,13-15,22-24,31-33,38-39,42-45,47,49-51,53-56,58-87H2,1-3H3,(H,99,100)(H,101,102)/b10-7-,11-8-,12-9-,19-16-,20-17-,21-18-,28-25-,29-26-,30-27-,36-34-,37-35-,41-40-,48-46-,57-52-. The van der Waals surface area contributed by atoms with Crippen molar-refractivity contribution in [1.29, 1.82) is 0 Å². The summed E-state index contributed by atoms with van der Waals surface area (Å²) in [5.41, 5.74) is 0. The molecule has 0 aliphatic heterocycles. The van der Waals surface area contributed by atoms with Crippen LogP contribution in [0, 0.1) is 0 Å². The molecule has 0 aliphatic rings. The Morgan fingerprint density at radius 1 is 0.252 bits per heavy atom. The minimum absolute atomic E-state index is 0.0822. The molecule has 0 saturated heterocycles. The minimum atomic E-state index is -4.95. The van der Waals surface area contributed by atoms with E-state index in [0.717, 1.165) is 180 Å². The Morgan fingerprint density at radius 2 is 0.450 bits per heavy atom. The van der Waals surface area contributed by atoms with E-state index >= 15 is 0 Å². The van der Waals surface area contributed by atoms with Crippen LogP contribution in [-0.4, -0.2) is 95.9 Å². The van der Waals surface area contributed by atoms with Gasteiger partial charge in [0.05, 0.1) is 26.4 Å². The molecule has 16 nitrogen and oxygen atoms in total. The molecule has 0 saturated carbocycles. The second-order valence-corrected chi connectivity index (χ2v) is 31.5. The van der Waals surface area contributed by atoms with Crippen LogP contribution in [-0.2, 0) is 55.8 Å². The largest absolute Gasteiger partial charge is 0.472 e. The molecule has 5 atom stereocenters. The van der Waals surface area contributed by atoms with Crippen LogP contribution in [0.25, 0.3) is 0 Å². The summed E-state index contributed by atoms with van der Waals surface area (Å²) in [7, 11) is -9.81. The fraction of sp³-hybridized carbons (Fsp3) is 0.667. The third-order valence-corrected chi connectivity index (χ3v) is 19.8. The third kappa shape index (κ3) is 85.6. The average Bonchev–Trinajstić information content (AvgIpc) is 0.895. The summed E-state index contributed by atoms with van der Waals surface area (Å²) in [5.74, 6) is -1.60. The molecule has 0 aromatic carbocycles. The van der Waals surface area contributed by atoms with Crippen LogP contribution in [0.15, 0.2) is 170 Å². The highest BCUT2D eigenvalue weighted by atomic mass is 31.2. The van der Waals surface area contributed by atoms with E-state index in [-0.39, 0.29) is 19.3 Å². The first-order valence-corrected chi connectivity index (χ1v) is 46.4. The molecule has 0 aromatic heterocycles. The number of allylic oxidation sites excluding steroid dienone is 28. The Labute approximate surface area is 675 Å². The maximum atomic E-state index is 13.0. The lowest BCUT2D eigenvalue weighted by Crippen LogP contribution is -2.30. The lowest BCUT2D eigenvalue weighted by atomic mass is 10.0. The molecule has 0 aromatic rings. The van der Waals surface area contributed by atoms with Gasteiger partial charge in [-0.2, -0.15) is 0 Å². The van der Waals surface area contributed by atoms with Crippen molar-refractivity contribution < 1.29 is 75.8 Å². The van der Waals surface area contributed by atoms with E-state index < -0.39 is 91.5 Å². The molecule has 0 heterocycles. The SMILES string of the molecule is CC/C=C\C/C=C\C/C=C\C/C=C\C/C=C\CCCCCCCCCCCCCCCCCC(=O)OCC(O)COP(=O)(O)OCC(O)COP(=O)(O)OCC(COC(=O)CCCCCCCCCCC/C=C\C/C=C\C/C=C\C/C=C\C/C=C\CC)OC(=O)CCCCCCCC/C=C\C/C=C\C/C=C\C/C=C\CC. The van der Waals surface area contributed by atoms with E-state index in [0.29, 0.717) is 19.3 Å². The first kappa shape index (κ1) is 106. The normalized spacial score (nSPS) is 14.7. The molecule has 0 bridgehead atoms. The van der Waals surface area contributed by atoms with Gasteiger partial charge >= 0.3 is 33.6 Å². The van der Waals surface area contributed by atoms with Gasteiger partial charge in [0.15, 0.2) is 6.10 Å². The Hall–Kier alpha value is -5.09. The summed E-state index contributed by atoms with van der Waals surface area (Å²) in [5, 5.41) is 20.7. The highest BCUT2D eigenvalue weighted by Gasteiger charge is 2.29. The van der Waals surface area contributed by atoms with Crippen LogP contribution in [0.1, 0.15) is 342 Å². The van der Waals surface area contributed by atoms with Crippen LogP contribution in [0.5, 0.6) is 0 Å². The lowest BCUT2D eigenvalue weighted by molar-refractivity contribution is -0.161. The second-order valence-electron chi connectivity index (χ2n) is 28.5. The van der Waals surface area contributed by atoms with Gasteiger partial charge in [-0.1, -0.05) is 345 Å². The molecule has 0 amide bonds. The maximum absolute atomic E-state index is 13.0. The van der Waals surface area contributed by atoms with E-state index in [1.54, 1.807) is 0 Å². The van der Waals surface area contributed by atoms with Crippen molar-refractivity contribution in [2.45, 2.75) is 360 Å². The number of aliphatic hydroxyl groups excluding tert-OH is 2. The Balaban J connectivity index is 4.58. The van der Waals surface area contributed by atoms with Gasteiger partial charge in [-0.15, -0.1) is 0 Å². The highest BCUT2D eigenvalue weighted by Crippen LogP contribution is 2.45. The van der Waals surface area contributed by atoms with E-state index in [1.807, 2.05) is 0 Å². The number of carbonyl (C=O) groups is 3. The van der Waals surface area contributed by atoms with Crippen molar-refractivity contribution in [2.24, 2.45) is 0 Å². The number of unbranched alkanes of at least 4 members (excludes halogenated alkanes) is 30. The first-order chi connectivity index (χ1) is 54.2. The quantitative estimate of drug-likeness (QED) is 0.0146. The van der Waals surface area contributed by atoms with Gasteiger partial charge in [0.25, 0.3) is 0 Å². The number of hydrogen-bond acceptors (Lipinski definition) is 14. The molecule has 0 aliphatic carbocycles. The number of hydrogen-bond donors (Lipinski definition) is 4. The maximum Gasteiger partial charge on any atom is 0.472 e. The fourth-order valence-corrected chi connectivity index (χ4v) is 13.0. The smallest absolute Gasteiger partial charge is 0.463 e. The van der Waals surface area contributed by atoms with Gasteiger partial charge in [0.1, 0.15) is 25.4 Å². The van der Waals surface area contributed by atoms with Gasteiger partial charge in [-0.05, 0) is 148 Å². The molecule has 18 heteroatoms. The molecule has 0 rings (SSSR count). The zero-order valence-electron chi connectivity index (χ0n) is 69.6.